The number of fused-ring (bicyclic) bond motifs is 1. The van der Waals surface area contributed by atoms with Gasteiger partial charge in [-0.2, -0.15) is 5.10 Å². The van der Waals surface area contributed by atoms with Crippen LogP contribution in [0.2, 0.25) is 0 Å². The van der Waals surface area contributed by atoms with Gasteiger partial charge in [-0.1, -0.05) is 0 Å². The Morgan fingerprint density at radius 1 is 1.29 bits per heavy atom. The summed E-state index contributed by atoms with van der Waals surface area (Å²) in [5.41, 5.74) is 2.00. The second-order valence-electron chi connectivity index (χ2n) is 3.90. The maximum Gasteiger partial charge on any atom is 0.231 e. The van der Waals surface area contributed by atoms with Crippen LogP contribution in [-0.2, 0) is 13.6 Å². The molecule has 0 bridgehead atoms. The number of aryl methyl sites for hydroxylation is 1. The van der Waals surface area contributed by atoms with E-state index in [1.165, 1.54) is 0 Å². The first-order valence-corrected chi connectivity index (χ1v) is 5.43. The normalized spacial score (nSPS) is 12.8. The highest BCUT2D eigenvalue weighted by atomic mass is 16.7. The van der Waals surface area contributed by atoms with Crippen LogP contribution in [-0.4, -0.2) is 16.6 Å². The van der Waals surface area contributed by atoms with E-state index in [0.29, 0.717) is 13.3 Å². The fraction of sp³-hybridized carbons (Fsp3) is 0.250. The molecule has 0 saturated carbocycles. The molecule has 88 valence electrons. The van der Waals surface area contributed by atoms with Crippen LogP contribution >= 0.6 is 0 Å². The maximum atomic E-state index is 5.31. The first-order valence-electron chi connectivity index (χ1n) is 5.43. The molecule has 1 aliphatic heterocycles. The molecule has 1 aromatic heterocycles. The average molecular weight is 231 g/mol. The molecular formula is C12H13N3O2. The molecule has 0 aliphatic carbocycles. The highest BCUT2D eigenvalue weighted by molar-refractivity contribution is 5.55. The van der Waals surface area contributed by atoms with E-state index in [1.54, 1.807) is 4.68 Å². The van der Waals surface area contributed by atoms with E-state index >= 15 is 0 Å². The maximum absolute atomic E-state index is 5.31. The molecular weight excluding hydrogens is 218 g/mol. The standard InChI is InChI=1S/C12H13N3O2/c1-15-5-4-10(14-15)7-13-9-2-3-11-12(6-9)17-8-16-11/h2-6,13H,7-8H2,1H3. The summed E-state index contributed by atoms with van der Waals surface area (Å²) in [5, 5.41) is 7.59. The summed E-state index contributed by atoms with van der Waals surface area (Å²) in [7, 11) is 1.91. The van der Waals surface area contributed by atoms with E-state index in [0.717, 1.165) is 22.9 Å². The molecule has 5 heteroatoms. The van der Waals surface area contributed by atoms with Crippen molar-refractivity contribution in [3.05, 3.63) is 36.2 Å². The number of ether oxygens (including phenoxy) is 2. The number of rotatable bonds is 3. The van der Waals surface area contributed by atoms with E-state index in [1.807, 2.05) is 37.5 Å². The Balaban J connectivity index is 1.69. The van der Waals surface area contributed by atoms with Crippen LogP contribution in [0.3, 0.4) is 0 Å². The molecule has 0 amide bonds. The van der Waals surface area contributed by atoms with E-state index in [2.05, 4.69) is 10.4 Å². The van der Waals surface area contributed by atoms with Gasteiger partial charge in [-0.15, -0.1) is 0 Å². The van der Waals surface area contributed by atoms with Gasteiger partial charge < -0.3 is 14.8 Å². The van der Waals surface area contributed by atoms with Crippen molar-refractivity contribution in [2.45, 2.75) is 6.54 Å². The minimum Gasteiger partial charge on any atom is -0.454 e. The third-order valence-corrected chi connectivity index (χ3v) is 2.62. The van der Waals surface area contributed by atoms with Crippen molar-refractivity contribution < 1.29 is 9.47 Å². The Hall–Kier alpha value is -2.17. The highest BCUT2D eigenvalue weighted by Gasteiger charge is 2.12. The predicted octanol–water partition coefficient (Wildman–Crippen LogP) is 1.76. The Bertz CT molecular complexity index is 536. The van der Waals surface area contributed by atoms with E-state index < -0.39 is 0 Å². The number of anilines is 1. The second-order valence-corrected chi connectivity index (χ2v) is 3.90. The molecule has 0 spiro atoms. The van der Waals surface area contributed by atoms with Crippen LogP contribution in [0, 0.1) is 0 Å². The zero-order valence-corrected chi connectivity index (χ0v) is 9.51. The van der Waals surface area contributed by atoms with Crippen LogP contribution in [0.1, 0.15) is 5.69 Å². The van der Waals surface area contributed by atoms with Crippen molar-refractivity contribution in [3.8, 4) is 11.5 Å². The quantitative estimate of drug-likeness (QED) is 0.874. The van der Waals surface area contributed by atoms with Crippen LogP contribution < -0.4 is 14.8 Å². The summed E-state index contributed by atoms with van der Waals surface area (Å²) in [4.78, 5) is 0. The summed E-state index contributed by atoms with van der Waals surface area (Å²) in [6, 6.07) is 7.80. The summed E-state index contributed by atoms with van der Waals surface area (Å²) in [6.45, 7) is 1.000. The number of nitrogens with one attached hydrogen (secondary N) is 1. The lowest BCUT2D eigenvalue weighted by atomic mass is 10.2. The van der Waals surface area contributed by atoms with Crippen LogP contribution in [0.15, 0.2) is 30.5 Å². The summed E-state index contributed by atoms with van der Waals surface area (Å²) >= 11 is 0. The largest absolute Gasteiger partial charge is 0.454 e. The summed E-state index contributed by atoms with van der Waals surface area (Å²) < 4.78 is 12.4. The Labute approximate surface area is 99.0 Å². The van der Waals surface area contributed by atoms with Crippen LogP contribution in [0.5, 0.6) is 11.5 Å². The van der Waals surface area contributed by atoms with Crippen molar-refractivity contribution in [1.29, 1.82) is 0 Å². The molecule has 3 rings (SSSR count). The van der Waals surface area contributed by atoms with E-state index in [4.69, 9.17) is 9.47 Å². The van der Waals surface area contributed by atoms with Crippen molar-refractivity contribution in [3.63, 3.8) is 0 Å². The third kappa shape index (κ3) is 2.04. The molecule has 0 unspecified atom stereocenters. The highest BCUT2D eigenvalue weighted by Crippen LogP contribution is 2.34. The Morgan fingerprint density at radius 2 is 2.18 bits per heavy atom. The minimum absolute atomic E-state index is 0.305. The summed E-state index contributed by atoms with van der Waals surface area (Å²) in [6.07, 6.45) is 1.93. The molecule has 2 heterocycles. The van der Waals surface area contributed by atoms with Gasteiger partial charge in [0, 0.05) is 25.0 Å². The average Bonchev–Trinajstić information content (AvgIpc) is 2.94. The fourth-order valence-corrected chi connectivity index (χ4v) is 1.76. The first kappa shape index (κ1) is 10.0. The number of nitrogens with zero attached hydrogens (tertiary/aromatic N) is 2. The van der Waals surface area contributed by atoms with Gasteiger partial charge in [-0.05, 0) is 18.2 Å². The predicted molar refractivity (Wildman–Crippen MR) is 63.1 cm³/mol. The minimum atomic E-state index is 0.305. The van der Waals surface area contributed by atoms with Gasteiger partial charge in [-0.3, -0.25) is 4.68 Å². The van der Waals surface area contributed by atoms with Gasteiger partial charge in [0.15, 0.2) is 11.5 Å². The monoisotopic (exact) mass is 231 g/mol. The number of hydrogen-bond donors (Lipinski definition) is 1. The molecule has 17 heavy (non-hydrogen) atoms. The fourth-order valence-electron chi connectivity index (χ4n) is 1.76. The van der Waals surface area contributed by atoms with Crippen molar-refractivity contribution in [2.75, 3.05) is 12.1 Å². The molecule has 1 aliphatic rings. The van der Waals surface area contributed by atoms with Crippen LogP contribution in [0.4, 0.5) is 5.69 Å². The van der Waals surface area contributed by atoms with Crippen LogP contribution in [0.25, 0.3) is 0 Å². The summed E-state index contributed by atoms with van der Waals surface area (Å²) in [5.74, 6) is 1.59. The van der Waals surface area contributed by atoms with Crippen molar-refractivity contribution in [2.24, 2.45) is 7.05 Å². The van der Waals surface area contributed by atoms with Gasteiger partial charge in [0.05, 0.1) is 12.2 Å². The Kier molecular flexibility index (Phi) is 2.36. The van der Waals surface area contributed by atoms with Gasteiger partial charge in [0.2, 0.25) is 6.79 Å². The molecule has 0 saturated heterocycles. The molecule has 2 aromatic rings. The lowest BCUT2D eigenvalue weighted by Gasteiger charge is -2.05. The van der Waals surface area contributed by atoms with E-state index in [-0.39, 0.29) is 0 Å². The molecule has 1 aromatic carbocycles. The second kappa shape index (κ2) is 4.01. The van der Waals surface area contributed by atoms with Gasteiger partial charge in [0.25, 0.3) is 0 Å². The van der Waals surface area contributed by atoms with Gasteiger partial charge >= 0.3 is 0 Å². The van der Waals surface area contributed by atoms with Gasteiger partial charge in [0.1, 0.15) is 0 Å². The first-order chi connectivity index (χ1) is 8.31. The molecule has 0 radical (unpaired) electrons. The topological polar surface area (TPSA) is 48.3 Å². The number of benzene rings is 1. The lowest BCUT2D eigenvalue weighted by molar-refractivity contribution is 0.174. The molecule has 1 N–H and O–H groups in total. The smallest absolute Gasteiger partial charge is 0.231 e. The van der Waals surface area contributed by atoms with Crippen molar-refractivity contribution in [1.82, 2.24) is 9.78 Å². The molecule has 5 nitrogen and oxygen atoms in total. The molecule has 0 atom stereocenters. The Morgan fingerprint density at radius 3 is 3.00 bits per heavy atom. The zero-order valence-electron chi connectivity index (χ0n) is 9.51. The lowest BCUT2D eigenvalue weighted by Crippen LogP contribution is -2.01. The number of aromatic nitrogens is 2. The van der Waals surface area contributed by atoms with E-state index in [9.17, 15) is 0 Å². The SMILES string of the molecule is Cn1ccc(CNc2ccc3c(c2)OCO3)n1. The molecule has 0 fully saturated rings. The van der Waals surface area contributed by atoms with Crippen molar-refractivity contribution >= 4 is 5.69 Å². The van der Waals surface area contributed by atoms with Gasteiger partial charge in [-0.25, -0.2) is 0 Å². The zero-order chi connectivity index (χ0) is 11.7. The third-order valence-electron chi connectivity index (χ3n) is 2.62. The number of hydrogen-bond acceptors (Lipinski definition) is 4.